The van der Waals surface area contributed by atoms with Gasteiger partial charge in [-0.1, -0.05) is 25.6 Å². The molecule has 3 aliphatic carbocycles. The Morgan fingerprint density at radius 2 is 1.93 bits per heavy atom. The Kier molecular flexibility index (Phi) is 4.23. The van der Waals surface area contributed by atoms with E-state index in [9.17, 15) is 4.79 Å². The highest BCUT2D eigenvalue weighted by Crippen LogP contribution is 2.68. The van der Waals surface area contributed by atoms with Crippen molar-refractivity contribution in [3.8, 4) is 11.5 Å². The van der Waals surface area contributed by atoms with Crippen LogP contribution in [0.15, 0.2) is 18.2 Å². The molecule has 2 aromatic rings. The van der Waals surface area contributed by atoms with Gasteiger partial charge in [-0.15, -0.1) is 16.9 Å². The van der Waals surface area contributed by atoms with Crippen LogP contribution in [-0.4, -0.2) is 30.3 Å². The van der Waals surface area contributed by atoms with Gasteiger partial charge in [0.05, 0.1) is 10.2 Å². The van der Waals surface area contributed by atoms with Gasteiger partial charge in [-0.05, 0) is 58.2 Å². The Labute approximate surface area is 172 Å². The maximum absolute atomic E-state index is 12.1. The summed E-state index contributed by atoms with van der Waals surface area (Å²) >= 11 is 1.78. The van der Waals surface area contributed by atoms with Gasteiger partial charge in [-0.25, -0.2) is 9.78 Å². The molecule has 0 radical (unpaired) electrons. The Balaban J connectivity index is 1.46. The Hall–Kier alpha value is -1.84. The summed E-state index contributed by atoms with van der Waals surface area (Å²) in [4.78, 5) is 17.0. The summed E-state index contributed by atoms with van der Waals surface area (Å²) in [5, 5.41) is 4.28. The van der Waals surface area contributed by atoms with Crippen LogP contribution in [0.1, 0.15) is 50.6 Å². The highest BCUT2D eigenvalue weighted by molar-refractivity contribution is 7.18. The second-order valence-corrected chi connectivity index (χ2v) is 16.2. The molecule has 3 fully saturated rings. The molecular weight excluding hydrogens is 384 g/mol. The fourth-order valence-electron chi connectivity index (χ4n) is 4.16. The van der Waals surface area contributed by atoms with Gasteiger partial charge < -0.3 is 10.1 Å². The number of alkyl carbamates (subject to hydrolysis) is 1. The molecule has 0 unspecified atom stereocenters. The maximum Gasteiger partial charge on any atom is 0.408 e. The van der Waals surface area contributed by atoms with E-state index in [1.807, 2.05) is 20.8 Å². The summed E-state index contributed by atoms with van der Waals surface area (Å²) in [6.45, 7) is 12.4. The third-order valence-electron chi connectivity index (χ3n) is 5.22. The van der Waals surface area contributed by atoms with E-state index in [0.29, 0.717) is 0 Å². The summed E-state index contributed by atoms with van der Waals surface area (Å²) in [6, 6.07) is 6.33. The Bertz CT molecular complexity index is 997. The number of amides is 1. The van der Waals surface area contributed by atoms with Gasteiger partial charge in [0.15, 0.2) is 0 Å². The fourth-order valence-corrected chi connectivity index (χ4v) is 5.87. The first kappa shape index (κ1) is 19.5. The van der Waals surface area contributed by atoms with Crippen LogP contribution in [0.5, 0.6) is 0 Å². The van der Waals surface area contributed by atoms with Gasteiger partial charge in [-0.2, -0.15) is 0 Å². The minimum Gasteiger partial charge on any atom is -0.444 e. The number of benzene rings is 1. The summed E-state index contributed by atoms with van der Waals surface area (Å²) < 4.78 is 6.61. The van der Waals surface area contributed by atoms with E-state index < -0.39 is 13.7 Å². The predicted octanol–water partition coefficient (Wildman–Crippen LogP) is 5.22. The van der Waals surface area contributed by atoms with Crippen LogP contribution in [0.4, 0.5) is 4.79 Å². The summed E-state index contributed by atoms with van der Waals surface area (Å²) in [7, 11) is -1.38. The lowest BCUT2D eigenvalue weighted by Gasteiger charge is -2.69. The average molecular weight is 413 g/mol. The molecule has 0 saturated heterocycles. The van der Waals surface area contributed by atoms with Crippen molar-refractivity contribution >= 4 is 35.7 Å². The van der Waals surface area contributed by atoms with Crippen molar-refractivity contribution in [2.24, 2.45) is 0 Å². The van der Waals surface area contributed by atoms with Crippen molar-refractivity contribution in [3.05, 3.63) is 28.8 Å². The number of ether oxygens (including phenoxy) is 1. The molecule has 1 heterocycles. The van der Waals surface area contributed by atoms with Gasteiger partial charge in [0.1, 0.15) is 18.7 Å². The molecule has 1 aromatic heterocycles. The normalized spacial score (nSPS) is 25.9. The van der Waals surface area contributed by atoms with Crippen LogP contribution in [0.2, 0.25) is 19.6 Å². The molecule has 5 rings (SSSR count). The largest absolute Gasteiger partial charge is 0.444 e. The quantitative estimate of drug-likeness (QED) is 0.543. The number of nitrogens with one attached hydrogen (secondary N) is 1. The first-order chi connectivity index (χ1) is 12.9. The second kappa shape index (κ2) is 6.08. The first-order valence-electron chi connectivity index (χ1n) is 9.83. The lowest BCUT2D eigenvalue weighted by molar-refractivity contribution is -0.0883. The third-order valence-corrected chi connectivity index (χ3v) is 7.36. The van der Waals surface area contributed by atoms with Crippen LogP contribution in [0, 0.1) is 11.5 Å². The van der Waals surface area contributed by atoms with Gasteiger partial charge in [0, 0.05) is 16.5 Å². The molecule has 0 atom stereocenters. The number of hydrogen-bond donors (Lipinski definition) is 1. The summed E-state index contributed by atoms with van der Waals surface area (Å²) in [6.07, 6.45) is 2.57. The third kappa shape index (κ3) is 3.70. The van der Waals surface area contributed by atoms with Crippen LogP contribution >= 0.6 is 11.3 Å². The van der Waals surface area contributed by atoms with Crippen molar-refractivity contribution in [2.45, 2.75) is 76.2 Å². The zero-order valence-electron chi connectivity index (χ0n) is 17.5. The monoisotopic (exact) mass is 412 g/mol. The van der Waals surface area contributed by atoms with Crippen LogP contribution in [0.25, 0.3) is 10.2 Å². The van der Waals surface area contributed by atoms with E-state index in [-0.39, 0.29) is 17.0 Å². The Morgan fingerprint density at radius 1 is 1.25 bits per heavy atom. The number of carbonyl (C=O) groups is 1. The fraction of sp³-hybridized carbons (Fsp3) is 0.545. The summed E-state index contributed by atoms with van der Waals surface area (Å²) in [5.74, 6) is 3.34. The topological polar surface area (TPSA) is 51.2 Å². The number of hydrogen-bond acceptors (Lipinski definition) is 4. The number of carbonyl (C=O) groups excluding carboxylic acids is 1. The minimum absolute atomic E-state index is 0.0891. The summed E-state index contributed by atoms with van der Waals surface area (Å²) in [5.41, 5.74) is 5.15. The number of thiazole rings is 1. The van der Waals surface area contributed by atoms with Crippen LogP contribution in [-0.2, 0) is 10.2 Å². The Morgan fingerprint density at radius 3 is 2.54 bits per heavy atom. The molecule has 3 aliphatic rings. The molecule has 4 nitrogen and oxygen atoms in total. The van der Waals surface area contributed by atoms with Crippen molar-refractivity contribution < 1.29 is 9.53 Å². The van der Waals surface area contributed by atoms with Gasteiger partial charge >= 0.3 is 6.09 Å². The predicted molar refractivity (Wildman–Crippen MR) is 117 cm³/mol. The van der Waals surface area contributed by atoms with Gasteiger partial charge in [-0.3, -0.25) is 0 Å². The smallest absolute Gasteiger partial charge is 0.408 e. The molecule has 0 spiro atoms. The van der Waals surface area contributed by atoms with Gasteiger partial charge in [0.2, 0.25) is 0 Å². The first-order valence-corrected chi connectivity index (χ1v) is 14.1. The number of nitrogens with zero attached hydrogens (tertiary/aromatic N) is 1. The molecule has 28 heavy (non-hydrogen) atoms. The number of fused-ring (bicyclic) bond motifs is 1. The van der Waals surface area contributed by atoms with E-state index in [0.717, 1.165) is 30.3 Å². The zero-order chi connectivity index (χ0) is 20.4. The van der Waals surface area contributed by atoms with E-state index in [1.165, 1.54) is 9.71 Å². The van der Waals surface area contributed by atoms with Crippen LogP contribution < -0.4 is 5.32 Å². The minimum atomic E-state index is -1.38. The lowest BCUT2D eigenvalue weighted by Crippen LogP contribution is -2.76. The van der Waals surface area contributed by atoms with Crippen molar-refractivity contribution in [1.29, 1.82) is 0 Å². The highest BCUT2D eigenvalue weighted by atomic mass is 32.1. The second-order valence-electron chi connectivity index (χ2n) is 10.4. The molecule has 3 saturated carbocycles. The van der Waals surface area contributed by atoms with Crippen molar-refractivity contribution in [3.63, 3.8) is 0 Å². The molecule has 148 valence electrons. The molecule has 1 N–H and O–H groups in total. The molecule has 1 aromatic carbocycles. The van der Waals surface area contributed by atoms with E-state index in [4.69, 9.17) is 9.72 Å². The van der Waals surface area contributed by atoms with Crippen molar-refractivity contribution in [2.75, 3.05) is 0 Å². The molecule has 2 bridgehead atoms. The van der Waals surface area contributed by atoms with Crippen LogP contribution in [0.3, 0.4) is 0 Å². The maximum atomic E-state index is 12.1. The number of rotatable bonds is 2. The van der Waals surface area contributed by atoms with E-state index >= 15 is 0 Å². The molecule has 1 amide bonds. The average Bonchev–Trinajstić information content (AvgIpc) is 2.87. The van der Waals surface area contributed by atoms with Crippen molar-refractivity contribution in [1.82, 2.24) is 10.3 Å². The SMILES string of the molecule is CC(C)(C)OC(=O)NC12CC(c3nc4ccc(C#C[Si](C)(C)C)cc4s3)(C1)C2. The lowest BCUT2D eigenvalue weighted by atomic mass is 9.39. The molecule has 0 aliphatic heterocycles. The standard InChI is InChI=1S/C22H28N2O2SSi/c1-20(2,3)26-19(25)24-22-12-21(13-22,14-22)18-23-16-8-7-15(11-17(16)27-18)9-10-28(4,5)6/h7-8,11H,12-14H2,1-6H3,(H,24,25). The highest BCUT2D eigenvalue weighted by Gasteiger charge is 2.70. The number of aromatic nitrogens is 1. The molecule has 6 heteroatoms. The van der Waals surface area contributed by atoms with Gasteiger partial charge in [0.25, 0.3) is 0 Å². The van der Waals surface area contributed by atoms with E-state index in [1.54, 1.807) is 11.3 Å². The molecular formula is C22H28N2O2SSi. The van der Waals surface area contributed by atoms with E-state index in [2.05, 4.69) is 54.6 Å². The zero-order valence-corrected chi connectivity index (χ0v) is 19.3.